The van der Waals surface area contributed by atoms with E-state index in [9.17, 15) is 18.0 Å². The number of aldehydes is 1. The van der Waals surface area contributed by atoms with Gasteiger partial charge in [-0.2, -0.15) is 13.2 Å². The van der Waals surface area contributed by atoms with Gasteiger partial charge in [-0.15, -0.1) is 0 Å². The predicted octanol–water partition coefficient (Wildman–Crippen LogP) is 2.85. The number of methoxy groups -OCH3 is 1. The van der Waals surface area contributed by atoms with Crippen LogP contribution < -0.4 is 4.74 Å². The SMILES string of the molecule is COc1cc(CCC=O)cc(C(F)(F)F)c1. The zero-order valence-electron chi connectivity index (χ0n) is 8.67. The van der Waals surface area contributed by atoms with E-state index in [2.05, 4.69) is 0 Å². The van der Waals surface area contributed by atoms with Crippen molar-refractivity contribution < 1.29 is 22.7 Å². The van der Waals surface area contributed by atoms with Crippen molar-refractivity contribution in [1.29, 1.82) is 0 Å². The Bertz CT molecular complexity index is 372. The molecule has 0 aromatic heterocycles. The van der Waals surface area contributed by atoms with Gasteiger partial charge in [0.2, 0.25) is 0 Å². The zero-order chi connectivity index (χ0) is 12.2. The molecule has 0 heterocycles. The molecule has 0 saturated carbocycles. The molecule has 0 N–H and O–H groups in total. The Hall–Kier alpha value is -1.52. The summed E-state index contributed by atoms with van der Waals surface area (Å²) in [5.74, 6) is 0.149. The van der Waals surface area contributed by atoms with Gasteiger partial charge in [0, 0.05) is 6.42 Å². The summed E-state index contributed by atoms with van der Waals surface area (Å²) >= 11 is 0. The molecule has 0 aliphatic heterocycles. The number of ether oxygens (including phenoxy) is 1. The van der Waals surface area contributed by atoms with Crippen LogP contribution in [0, 0.1) is 0 Å². The molecule has 1 aromatic rings. The van der Waals surface area contributed by atoms with E-state index in [1.165, 1.54) is 13.2 Å². The lowest BCUT2D eigenvalue weighted by Gasteiger charge is -2.11. The lowest BCUT2D eigenvalue weighted by molar-refractivity contribution is -0.137. The van der Waals surface area contributed by atoms with Crippen LogP contribution in [0.25, 0.3) is 0 Å². The van der Waals surface area contributed by atoms with Crippen molar-refractivity contribution in [3.63, 3.8) is 0 Å². The van der Waals surface area contributed by atoms with E-state index in [4.69, 9.17) is 4.74 Å². The molecule has 0 aliphatic rings. The van der Waals surface area contributed by atoms with Crippen molar-refractivity contribution in [3.05, 3.63) is 29.3 Å². The highest BCUT2D eigenvalue weighted by Crippen LogP contribution is 2.32. The fourth-order valence-electron chi connectivity index (χ4n) is 1.31. The second-order valence-corrected chi connectivity index (χ2v) is 3.27. The van der Waals surface area contributed by atoms with E-state index in [1.807, 2.05) is 0 Å². The van der Waals surface area contributed by atoms with E-state index in [0.29, 0.717) is 11.8 Å². The van der Waals surface area contributed by atoms with E-state index in [1.54, 1.807) is 0 Å². The Labute approximate surface area is 91.0 Å². The van der Waals surface area contributed by atoms with Gasteiger partial charge in [0.05, 0.1) is 12.7 Å². The topological polar surface area (TPSA) is 26.3 Å². The monoisotopic (exact) mass is 232 g/mol. The Kier molecular flexibility index (Phi) is 3.93. The second-order valence-electron chi connectivity index (χ2n) is 3.27. The number of alkyl halides is 3. The molecular formula is C11H11F3O2. The van der Waals surface area contributed by atoms with E-state index in [0.717, 1.165) is 12.1 Å². The van der Waals surface area contributed by atoms with Gasteiger partial charge in [-0.25, -0.2) is 0 Å². The number of aryl methyl sites for hydroxylation is 1. The van der Waals surface area contributed by atoms with Gasteiger partial charge in [0.25, 0.3) is 0 Å². The largest absolute Gasteiger partial charge is 0.497 e. The van der Waals surface area contributed by atoms with Gasteiger partial charge in [0.15, 0.2) is 0 Å². The molecule has 16 heavy (non-hydrogen) atoms. The zero-order valence-corrected chi connectivity index (χ0v) is 8.67. The molecule has 2 nitrogen and oxygen atoms in total. The number of hydrogen-bond donors (Lipinski definition) is 0. The second kappa shape index (κ2) is 5.01. The molecule has 0 radical (unpaired) electrons. The molecule has 0 amide bonds. The van der Waals surface area contributed by atoms with E-state index >= 15 is 0 Å². The molecule has 1 aromatic carbocycles. The standard InChI is InChI=1S/C11H11F3O2/c1-16-10-6-8(3-2-4-15)5-9(7-10)11(12,13)14/h4-7H,2-3H2,1H3. The fraction of sp³-hybridized carbons (Fsp3) is 0.364. The molecule has 5 heteroatoms. The van der Waals surface area contributed by atoms with Crippen LogP contribution in [0.2, 0.25) is 0 Å². The molecule has 88 valence electrons. The van der Waals surface area contributed by atoms with Crippen molar-refractivity contribution in [2.45, 2.75) is 19.0 Å². The van der Waals surface area contributed by atoms with Gasteiger partial charge >= 0.3 is 6.18 Å². The summed E-state index contributed by atoms with van der Waals surface area (Å²) in [6.07, 6.45) is -3.24. The molecular weight excluding hydrogens is 221 g/mol. The lowest BCUT2D eigenvalue weighted by atomic mass is 10.1. The van der Waals surface area contributed by atoms with Gasteiger partial charge in [-0.3, -0.25) is 0 Å². The van der Waals surface area contributed by atoms with Crippen molar-refractivity contribution in [1.82, 2.24) is 0 Å². The number of carbonyl (C=O) groups excluding carboxylic acids is 1. The molecule has 0 unspecified atom stereocenters. The maximum Gasteiger partial charge on any atom is 0.416 e. The van der Waals surface area contributed by atoms with Crippen LogP contribution in [-0.4, -0.2) is 13.4 Å². The van der Waals surface area contributed by atoms with Crippen LogP contribution >= 0.6 is 0 Å². The first kappa shape index (κ1) is 12.5. The first-order valence-electron chi connectivity index (χ1n) is 4.66. The number of carbonyl (C=O) groups is 1. The summed E-state index contributed by atoms with van der Waals surface area (Å²) < 4.78 is 42.2. The van der Waals surface area contributed by atoms with Crippen molar-refractivity contribution in [2.24, 2.45) is 0 Å². The third kappa shape index (κ3) is 3.25. The predicted molar refractivity (Wildman–Crippen MR) is 52.4 cm³/mol. The Balaban J connectivity index is 3.05. The molecule has 0 saturated heterocycles. The number of benzene rings is 1. The van der Waals surface area contributed by atoms with E-state index < -0.39 is 11.7 Å². The van der Waals surface area contributed by atoms with Crippen LogP contribution in [0.15, 0.2) is 18.2 Å². The van der Waals surface area contributed by atoms with Gasteiger partial charge in [-0.05, 0) is 30.2 Å². The summed E-state index contributed by atoms with van der Waals surface area (Å²) in [6.45, 7) is 0. The highest BCUT2D eigenvalue weighted by Gasteiger charge is 2.31. The first-order chi connectivity index (χ1) is 7.47. The quantitative estimate of drug-likeness (QED) is 0.746. The summed E-state index contributed by atoms with van der Waals surface area (Å²) in [6, 6.07) is 3.47. The first-order valence-corrected chi connectivity index (χ1v) is 4.66. The average molecular weight is 232 g/mol. The van der Waals surface area contributed by atoms with Gasteiger partial charge in [0.1, 0.15) is 12.0 Å². The molecule has 0 atom stereocenters. The third-order valence-corrected chi connectivity index (χ3v) is 2.08. The summed E-state index contributed by atoms with van der Waals surface area (Å²) in [5, 5.41) is 0. The minimum Gasteiger partial charge on any atom is -0.497 e. The molecule has 1 rings (SSSR count). The highest BCUT2D eigenvalue weighted by atomic mass is 19.4. The van der Waals surface area contributed by atoms with Crippen molar-refractivity contribution >= 4 is 6.29 Å². The van der Waals surface area contributed by atoms with Crippen molar-refractivity contribution in [2.75, 3.05) is 7.11 Å². The Morgan fingerprint density at radius 1 is 1.31 bits per heavy atom. The fourth-order valence-corrected chi connectivity index (χ4v) is 1.31. The molecule has 0 fully saturated rings. The summed E-state index contributed by atoms with van der Waals surface area (Å²) in [7, 11) is 1.30. The van der Waals surface area contributed by atoms with Crippen molar-refractivity contribution in [3.8, 4) is 5.75 Å². The van der Waals surface area contributed by atoms with Crippen LogP contribution in [0.4, 0.5) is 13.2 Å². The minimum atomic E-state index is -4.40. The van der Waals surface area contributed by atoms with Gasteiger partial charge < -0.3 is 9.53 Å². The van der Waals surface area contributed by atoms with Crippen LogP contribution in [0.3, 0.4) is 0 Å². The maximum atomic E-state index is 12.5. The maximum absolute atomic E-state index is 12.5. The summed E-state index contributed by atoms with van der Waals surface area (Å²) in [5.41, 5.74) is -0.313. The molecule has 0 aliphatic carbocycles. The van der Waals surface area contributed by atoms with Gasteiger partial charge in [-0.1, -0.05) is 0 Å². The smallest absolute Gasteiger partial charge is 0.416 e. The van der Waals surface area contributed by atoms with E-state index in [-0.39, 0.29) is 18.6 Å². The van der Waals surface area contributed by atoms with Crippen LogP contribution in [-0.2, 0) is 17.4 Å². The Morgan fingerprint density at radius 3 is 2.50 bits per heavy atom. The normalized spacial score (nSPS) is 11.2. The Morgan fingerprint density at radius 2 is 2.00 bits per heavy atom. The highest BCUT2D eigenvalue weighted by molar-refractivity contribution is 5.50. The molecule has 0 spiro atoms. The van der Waals surface area contributed by atoms with Crippen LogP contribution in [0.1, 0.15) is 17.5 Å². The third-order valence-electron chi connectivity index (χ3n) is 2.08. The minimum absolute atomic E-state index is 0.149. The summed E-state index contributed by atoms with van der Waals surface area (Å²) in [4.78, 5) is 10.2. The number of hydrogen-bond acceptors (Lipinski definition) is 2. The lowest BCUT2D eigenvalue weighted by Crippen LogP contribution is -2.06. The number of rotatable bonds is 4. The number of halogens is 3. The average Bonchev–Trinajstić information content (AvgIpc) is 2.24. The van der Waals surface area contributed by atoms with Crippen LogP contribution in [0.5, 0.6) is 5.75 Å². The molecule has 0 bridgehead atoms.